The summed E-state index contributed by atoms with van der Waals surface area (Å²) in [6, 6.07) is 10.8. The number of hydrogen-bond acceptors (Lipinski definition) is 3. The number of hydrogen-bond donors (Lipinski definition) is 0. The van der Waals surface area contributed by atoms with Gasteiger partial charge in [0.15, 0.2) is 0 Å². The van der Waals surface area contributed by atoms with Gasteiger partial charge in [-0.1, -0.05) is 25.1 Å². The zero-order chi connectivity index (χ0) is 15.9. The lowest BCUT2D eigenvalue weighted by Gasteiger charge is -2.05. The number of halogens is 1. The minimum Gasteiger partial charge on any atom is -0.460 e. The summed E-state index contributed by atoms with van der Waals surface area (Å²) in [7, 11) is -3.98. The Hall–Kier alpha value is -2.14. The van der Waals surface area contributed by atoms with Crippen molar-refractivity contribution < 1.29 is 17.2 Å². The van der Waals surface area contributed by atoms with Gasteiger partial charge in [-0.05, 0) is 43.2 Å². The molecule has 0 radical (unpaired) electrons. The lowest BCUT2D eigenvalue weighted by atomic mass is 10.1. The van der Waals surface area contributed by atoms with Crippen LogP contribution in [0.3, 0.4) is 0 Å². The molecule has 0 aliphatic heterocycles. The van der Waals surface area contributed by atoms with E-state index in [1.54, 1.807) is 19.1 Å². The van der Waals surface area contributed by atoms with E-state index in [9.17, 15) is 12.8 Å². The Morgan fingerprint density at radius 1 is 1.14 bits per heavy atom. The first-order valence-electron chi connectivity index (χ1n) is 6.96. The summed E-state index contributed by atoms with van der Waals surface area (Å²) in [4.78, 5) is -0.286. The van der Waals surface area contributed by atoms with Gasteiger partial charge in [-0.15, -0.1) is 0 Å². The maximum Gasteiger partial charge on any atom is 0.213 e. The molecule has 3 nitrogen and oxygen atoms in total. The summed E-state index contributed by atoms with van der Waals surface area (Å²) in [6.45, 7) is 3.57. The van der Waals surface area contributed by atoms with Crippen LogP contribution in [0.25, 0.3) is 11.0 Å². The molecule has 1 aromatic heterocycles. The van der Waals surface area contributed by atoms with Crippen LogP contribution in [-0.4, -0.2) is 8.42 Å². The van der Waals surface area contributed by atoms with E-state index in [1.807, 2.05) is 13.0 Å². The van der Waals surface area contributed by atoms with E-state index in [2.05, 4.69) is 0 Å². The Morgan fingerprint density at radius 2 is 1.86 bits per heavy atom. The molecule has 22 heavy (non-hydrogen) atoms. The van der Waals surface area contributed by atoms with Crippen LogP contribution < -0.4 is 0 Å². The predicted molar refractivity (Wildman–Crippen MR) is 82.2 cm³/mol. The first kappa shape index (κ1) is 14.8. The molecule has 0 amide bonds. The van der Waals surface area contributed by atoms with Crippen molar-refractivity contribution in [3.8, 4) is 0 Å². The van der Waals surface area contributed by atoms with E-state index in [-0.39, 0.29) is 15.6 Å². The van der Waals surface area contributed by atoms with E-state index in [1.165, 1.54) is 18.2 Å². The van der Waals surface area contributed by atoms with Crippen LogP contribution in [0.1, 0.15) is 18.2 Å². The molecule has 0 spiro atoms. The van der Waals surface area contributed by atoms with Gasteiger partial charge in [0.2, 0.25) is 9.84 Å². The molecule has 114 valence electrons. The van der Waals surface area contributed by atoms with Crippen LogP contribution in [0, 0.1) is 12.7 Å². The fourth-order valence-electron chi connectivity index (χ4n) is 2.57. The van der Waals surface area contributed by atoms with Gasteiger partial charge in [0, 0.05) is 5.39 Å². The van der Waals surface area contributed by atoms with E-state index >= 15 is 0 Å². The summed E-state index contributed by atoms with van der Waals surface area (Å²) in [5.41, 5.74) is 1.49. The number of rotatable bonds is 3. The summed E-state index contributed by atoms with van der Waals surface area (Å²) >= 11 is 0. The zero-order valence-corrected chi connectivity index (χ0v) is 13.1. The van der Waals surface area contributed by atoms with Crippen LogP contribution in [-0.2, 0) is 16.3 Å². The molecule has 3 aromatic rings. The highest BCUT2D eigenvalue weighted by atomic mass is 32.2. The molecular weight excluding hydrogens is 303 g/mol. The lowest BCUT2D eigenvalue weighted by molar-refractivity contribution is 0.550. The van der Waals surface area contributed by atoms with E-state index in [0.717, 1.165) is 18.1 Å². The molecular formula is C17H15FO3S. The smallest absolute Gasteiger partial charge is 0.213 e. The van der Waals surface area contributed by atoms with Gasteiger partial charge in [-0.2, -0.15) is 0 Å². The maximum absolute atomic E-state index is 13.9. The van der Waals surface area contributed by atoms with Crippen molar-refractivity contribution in [2.45, 2.75) is 30.1 Å². The maximum atomic E-state index is 13.9. The number of aryl methyl sites for hydroxylation is 2. The molecule has 5 heteroatoms. The van der Waals surface area contributed by atoms with Crippen LogP contribution >= 0.6 is 0 Å². The molecule has 0 saturated heterocycles. The fraction of sp³-hybridized carbons (Fsp3) is 0.176. The Kier molecular flexibility index (Phi) is 3.53. The van der Waals surface area contributed by atoms with Gasteiger partial charge in [0.1, 0.15) is 27.0 Å². The van der Waals surface area contributed by atoms with Gasteiger partial charge in [-0.25, -0.2) is 12.8 Å². The first-order chi connectivity index (χ1) is 10.4. The van der Waals surface area contributed by atoms with E-state index in [0.29, 0.717) is 11.0 Å². The second-order valence-electron chi connectivity index (χ2n) is 5.11. The molecule has 0 atom stereocenters. The fourth-order valence-corrected chi connectivity index (χ4v) is 4.24. The number of furan rings is 1. The lowest BCUT2D eigenvalue weighted by Crippen LogP contribution is -2.05. The van der Waals surface area contributed by atoms with Gasteiger partial charge >= 0.3 is 0 Å². The van der Waals surface area contributed by atoms with E-state index in [4.69, 9.17) is 4.42 Å². The van der Waals surface area contributed by atoms with Gasteiger partial charge in [-0.3, -0.25) is 0 Å². The monoisotopic (exact) mass is 318 g/mol. The van der Waals surface area contributed by atoms with Crippen molar-refractivity contribution >= 4 is 20.8 Å². The molecule has 0 N–H and O–H groups in total. The number of benzene rings is 2. The molecule has 0 fully saturated rings. The average Bonchev–Trinajstić information content (AvgIpc) is 2.82. The number of fused-ring (bicyclic) bond motifs is 1. The molecule has 2 aromatic carbocycles. The molecule has 0 unspecified atom stereocenters. The third-order valence-electron chi connectivity index (χ3n) is 3.67. The quantitative estimate of drug-likeness (QED) is 0.724. The minimum atomic E-state index is -3.98. The summed E-state index contributed by atoms with van der Waals surface area (Å²) in [6.07, 6.45) is 0.777. The third kappa shape index (κ3) is 2.22. The topological polar surface area (TPSA) is 47.3 Å². The molecule has 0 saturated carbocycles. The van der Waals surface area contributed by atoms with Crippen molar-refractivity contribution in [2.75, 3.05) is 0 Å². The molecule has 3 rings (SSSR count). The SMILES string of the molecule is CCc1ccc2oc(C)c(S(=O)(=O)c3ccccc3F)c2c1. The van der Waals surface area contributed by atoms with Crippen molar-refractivity contribution in [3.05, 3.63) is 59.6 Å². The van der Waals surface area contributed by atoms with Crippen LogP contribution in [0.4, 0.5) is 4.39 Å². The van der Waals surface area contributed by atoms with E-state index < -0.39 is 15.7 Å². The van der Waals surface area contributed by atoms with Crippen molar-refractivity contribution in [3.63, 3.8) is 0 Å². The number of sulfone groups is 1. The second kappa shape index (κ2) is 5.25. The highest BCUT2D eigenvalue weighted by molar-refractivity contribution is 7.91. The highest BCUT2D eigenvalue weighted by Gasteiger charge is 2.28. The van der Waals surface area contributed by atoms with Crippen molar-refractivity contribution in [1.29, 1.82) is 0 Å². The second-order valence-corrected chi connectivity index (χ2v) is 6.96. The Morgan fingerprint density at radius 3 is 2.55 bits per heavy atom. The predicted octanol–water partition coefficient (Wildman–Crippen LogP) is 4.28. The van der Waals surface area contributed by atoms with Gasteiger partial charge in [0.25, 0.3) is 0 Å². The first-order valence-corrected chi connectivity index (χ1v) is 8.45. The zero-order valence-electron chi connectivity index (χ0n) is 12.3. The van der Waals surface area contributed by atoms with Gasteiger partial charge in [0.05, 0.1) is 0 Å². The largest absolute Gasteiger partial charge is 0.460 e. The molecule has 1 heterocycles. The minimum absolute atomic E-state index is 0.0444. The van der Waals surface area contributed by atoms with Crippen molar-refractivity contribution in [1.82, 2.24) is 0 Å². The standard InChI is InChI=1S/C17H15FO3S/c1-3-12-8-9-15-13(10-12)17(11(2)21-15)22(19,20)16-7-5-4-6-14(16)18/h4-10H,3H2,1-2H3. The average molecular weight is 318 g/mol. The Labute approximate surface area is 128 Å². The summed E-state index contributed by atoms with van der Waals surface area (Å²) < 4.78 is 45.2. The third-order valence-corrected chi connectivity index (χ3v) is 5.63. The summed E-state index contributed by atoms with van der Waals surface area (Å²) in [5.74, 6) is -0.491. The van der Waals surface area contributed by atoms with Crippen LogP contribution in [0.2, 0.25) is 0 Å². The van der Waals surface area contributed by atoms with Crippen molar-refractivity contribution in [2.24, 2.45) is 0 Å². The molecule has 0 aliphatic rings. The summed E-state index contributed by atoms with van der Waals surface area (Å²) in [5, 5.41) is 0.500. The van der Waals surface area contributed by atoms with Gasteiger partial charge < -0.3 is 4.42 Å². The highest BCUT2D eigenvalue weighted by Crippen LogP contribution is 2.35. The van der Waals surface area contributed by atoms with Crippen LogP contribution in [0.15, 0.2) is 56.7 Å². The normalized spacial score (nSPS) is 12.0. The molecule has 0 bridgehead atoms. The Bertz CT molecular complexity index is 955. The van der Waals surface area contributed by atoms with Crippen LogP contribution in [0.5, 0.6) is 0 Å². The molecule has 0 aliphatic carbocycles. The Balaban J connectivity index is 2.34.